The zero-order chi connectivity index (χ0) is 17.3. The summed E-state index contributed by atoms with van der Waals surface area (Å²) < 4.78 is 0. The molecule has 2 fully saturated rings. The van der Waals surface area contributed by atoms with Gasteiger partial charge >= 0.3 is 0 Å². The number of para-hydroxylation sites is 1. The molecule has 0 atom stereocenters. The zero-order valence-electron chi connectivity index (χ0n) is 16.0. The van der Waals surface area contributed by atoms with Gasteiger partial charge < -0.3 is 15.2 Å². The highest BCUT2D eigenvalue weighted by Crippen LogP contribution is 2.45. The Kier molecular flexibility index (Phi) is 6.15. The van der Waals surface area contributed by atoms with E-state index in [0.29, 0.717) is 5.41 Å². The number of fused-ring (bicyclic) bond motifs is 1. The third kappa shape index (κ3) is 3.73. The highest BCUT2D eigenvalue weighted by atomic mass is 127. The second-order valence-electron chi connectivity index (χ2n) is 7.91. The lowest BCUT2D eigenvalue weighted by atomic mass is 9.86. The molecule has 2 N–H and O–H groups in total. The van der Waals surface area contributed by atoms with E-state index in [1.54, 1.807) is 0 Å². The van der Waals surface area contributed by atoms with Crippen LogP contribution >= 0.6 is 24.0 Å². The first-order valence-electron chi connectivity index (χ1n) is 9.72. The highest BCUT2D eigenvalue weighted by molar-refractivity contribution is 14.0. The summed E-state index contributed by atoms with van der Waals surface area (Å²) in [7, 11) is 1.91. The number of aromatic amines is 1. The van der Waals surface area contributed by atoms with Crippen LogP contribution in [0.5, 0.6) is 0 Å². The Morgan fingerprint density at radius 1 is 1.27 bits per heavy atom. The topological polar surface area (TPSA) is 43.4 Å². The summed E-state index contributed by atoms with van der Waals surface area (Å²) in [6.45, 7) is 5.44. The monoisotopic (exact) mass is 466 g/mol. The fourth-order valence-corrected chi connectivity index (χ4v) is 4.86. The number of nitrogens with one attached hydrogen (secondary N) is 2. The fourth-order valence-electron chi connectivity index (χ4n) is 4.86. The quantitative estimate of drug-likeness (QED) is 0.398. The molecule has 1 aliphatic carbocycles. The van der Waals surface area contributed by atoms with Gasteiger partial charge in [-0.3, -0.25) is 4.99 Å². The number of aliphatic imine (C=N–C) groups is 1. The van der Waals surface area contributed by atoms with E-state index < -0.39 is 0 Å². The minimum absolute atomic E-state index is 0. The summed E-state index contributed by atoms with van der Waals surface area (Å²) >= 11 is 0. The Balaban J connectivity index is 0.00000196. The molecule has 1 saturated heterocycles. The summed E-state index contributed by atoms with van der Waals surface area (Å²) in [5.41, 5.74) is 4.55. The first-order valence-corrected chi connectivity index (χ1v) is 9.72. The van der Waals surface area contributed by atoms with Crippen molar-refractivity contribution in [2.75, 3.05) is 26.7 Å². The van der Waals surface area contributed by atoms with E-state index in [2.05, 4.69) is 51.5 Å². The molecule has 1 saturated carbocycles. The lowest BCUT2D eigenvalue weighted by Crippen LogP contribution is -2.41. The van der Waals surface area contributed by atoms with Crippen LogP contribution in [0, 0.1) is 12.3 Å². The van der Waals surface area contributed by atoms with E-state index in [1.807, 2.05) is 7.05 Å². The molecule has 2 aliphatic rings. The maximum atomic E-state index is 4.54. The van der Waals surface area contributed by atoms with Crippen LogP contribution in [0.1, 0.15) is 43.2 Å². The molecule has 0 unspecified atom stereocenters. The lowest BCUT2D eigenvalue weighted by Gasteiger charge is -2.25. The van der Waals surface area contributed by atoms with E-state index in [-0.39, 0.29) is 24.0 Å². The van der Waals surface area contributed by atoms with Crippen molar-refractivity contribution >= 4 is 40.8 Å². The van der Waals surface area contributed by atoms with Crippen molar-refractivity contribution in [3.05, 3.63) is 35.5 Å². The summed E-state index contributed by atoms with van der Waals surface area (Å²) in [4.78, 5) is 10.4. The third-order valence-electron chi connectivity index (χ3n) is 6.30. The molecule has 4 nitrogen and oxygen atoms in total. The zero-order valence-corrected chi connectivity index (χ0v) is 18.3. The summed E-state index contributed by atoms with van der Waals surface area (Å²) in [5, 5.41) is 4.95. The number of aryl methyl sites for hydroxylation is 1. The normalized spacial score (nSPS) is 19.3. The van der Waals surface area contributed by atoms with Gasteiger partial charge in [0.2, 0.25) is 0 Å². The van der Waals surface area contributed by atoms with Crippen LogP contribution in [-0.2, 0) is 6.42 Å². The molecule has 5 heteroatoms. The van der Waals surface area contributed by atoms with Crippen molar-refractivity contribution in [2.45, 2.75) is 45.4 Å². The third-order valence-corrected chi connectivity index (χ3v) is 6.30. The molecule has 2 heterocycles. The molecular formula is C21H31IN4. The second-order valence-corrected chi connectivity index (χ2v) is 7.91. The fraction of sp³-hybridized carbons (Fsp3) is 0.571. The second kappa shape index (κ2) is 8.19. The van der Waals surface area contributed by atoms with Crippen molar-refractivity contribution in [3.8, 4) is 0 Å². The van der Waals surface area contributed by atoms with Crippen LogP contribution in [0.2, 0.25) is 0 Å². The summed E-state index contributed by atoms with van der Waals surface area (Å²) in [6.07, 6.45) is 10.2. The molecular weight excluding hydrogens is 435 g/mol. The van der Waals surface area contributed by atoms with Crippen LogP contribution in [-0.4, -0.2) is 42.5 Å². The van der Waals surface area contributed by atoms with Gasteiger partial charge in [0.1, 0.15) is 0 Å². The minimum atomic E-state index is 0. The number of hydrogen-bond acceptors (Lipinski definition) is 1. The minimum Gasteiger partial charge on any atom is -0.361 e. The van der Waals surface area contributed by atoms with Gasteiger partial charge in [0.05, 0.1) is 0 Å². The predicted octanol–water partition coefficient (Wildman–Crippen LogP) is 4.48. The largest absolute Gasteiger partial charge is 0.361 e. The van der Waals surface area contributed by atoms with E-state index in [1.165, 1.54) is 60.7 Å². The van der Waals surface area contributed by atoms with Gasteiger partial charge in [0.15, 0.2) is 5.96 Å². The van der Waals surface area contributed by atoms with E-state index in [4.69, 9.17) is 0 Å². The molecule has 1 aromatic heterocycles. The van der Waals surface area contributed by atoms with Gasteiger partial charge in [-0.25, -0.2) is 0 Å². The Hall–Kier alpha value is -1.24. The van der Waals surface area contributed by atoms with Gasteiger partial charge in [-0.15, -0.1) is 24.0 Å². The van der Waals surface area contributed by atoms with Crippen LogP contribution in [0.25, 0.3) is 10.9 Å². The number of H-pyrrole nitrogens is 1. The smallest absolute Gasteiger partial charge is 0.193 e. The number of aromatic nitrogens is 1. The standard InChI is InChI=1S/C21H30N4.HI/c1-16-6-5-7-18-17(14-24-19(16)18)8-12-23-20(22-2)25-13-11-21(15-25)9-3-4-10-21;/h5-7,14,24H,3-4,8-13,15H2,1-2H3,(H,22,23);1H. The molecule has 2 aromatic rings. The van der Waals surface area contributed by atoms with Crippen LogP contribution in [0.15, 0.2) is 29.4 Å². The molecule has 26 heavy (non-hydrogen) atoms. The van der Waals surface area contributed by atoms with Crippen molar-refractivity contribution in [3.63, 3.8) is 0 Å². The first kappa shape index (κ1) is 19.5. The van der Waals surface area contributed by atoms with Crippen molar-refractivity contribution in [1.82, 2.24) is 15.2 Å². The van der Waals surface area contributed by atoms with Crippen LogP contribution in [0.3, 0.4) is 0 Å². The van der Waals surface area contributed by atoms with Crippen LogP contribution < -0.4 is 5.32 Å². The molecule has 142 valence electrons. The molecule has 1 spiro atoms. The van der Waals surface area contributed by atoms with E-state index >= 15 is 0 Å². The Bertz CT molecular complexity index is 773. The van der Waals surface area contributed by atoms with E-state index in [9.17, 15) is 0 Å². The molecule has 0 bridgehead atoms. The Morgan fingerprint density at radius 3 is 2.85 bits per heavy atom. The summed E-state index contributed by atoms with van der Waals surface area (Å²) in [5.74, 6) is 1.08. The number of guanidine groups is 1. The number of rotatable bonds is 3. The van der Waals surface area contributed by atoms with E-state index in [0.717, 1.165) is 25.5 Å². The lowest BCUT2D eigenvalue weighted by molar-refractivity contribution is 0.309. The van der Waals surface area contributed by atoms with Gasteiger partial charge in [-0.1, -0.05) is 31.0 Å². The van der Waals surface area contributed by atoms with Crippen molar-refractivity contribution < 1.29 is 0 Å². The van der Waals surface area contributed by atoms with Crippen molar-refractivity contribution in [1.29, 1.82) is 0 Å². The maximum Gasteiger partial charge on any atom is 0.193 e. The molecule has 0 amide bonds. The average Bonchev–Trinajstić information content (AvgIpc) is 3.34. The summed E-state index contributed by atoms with van der Waals surface area (Å²) in [6, 6.07) is 6.52. The average molecular weight is 466 g/mol. The van der Waals surface area contributed by atoms with Crippen molar-refractivity contribution in [2.24, 2.45) is 10.4 Å². The molecule has 1 aliphatic heterocycles. The van der Waals surface area contributed by atoms with Gasteiger partial charge in [0.25, 0.3) is 0 Å². The Labute approximate surface area is 173 Å². The van der Waals surface area contributed by atoms with Gasteiger partial charge in [-0.05, 0) is 49.1 Å². The van der Waals surface area contributed by atoms with Crippen LogP contribution in [0.4, 0.5) is 0 Å². The maximum absolute atomic E-state index is 4.54. The number of halogens is 1. The molecule has 0 radical (unpaired) electrons. The SMILES string of the molecule is CN=C(NCCc1c[nH]c2c(C)cccc12)N1CCC2(CCCC2)C1.I. The predicted molar refractivity (Wildman–Crippen MR) is 121 cm³/mol. The number of benzene rings is 1. The number of likely N-dealkylation sites (tertiary alicyclic amines) is 1. The number of nitrogens with zero attached hydrogens (tertiary/aromatic N) is 2. The Morgan fingerprint density at radius 2 is 2.08 bits per heavy atom. The van der Waals surface area contributed by atoms with Gasteiger partial charge in [0, 0.05) is 43.8 Å². The highest BCUT2D eigenvalue weighted by Gasteiger charge is 2.40. The van der Waals surface area contributed by atoms with Gasteiger partial charge in [-0.2, -0.15) is 0 Å². The first-order chi connectivity index (χ1) is 12.2. The molecule has 4 rings (SSSR count). The number of hydrogen-bond donors (Lipinski definition) is 2. The molecule has 1 aromatic carbocycles.